The third-order valence-electron chi connectivity index (χ3n) is 2.59. The quantitative estimate of drug-likeness (QED) is 0.570. The monoisotopic (exact) mass is 360 g/mol. The molecule has 0 saturated carbocycles. The number of nitrogens with two attached hydrogens (primary N) is 1. The van der Waals surface area contributed by atoms with Crippen LogP contribution in [-0.2, 0) is 0 Å². The summed E-state index contributed by atoms with van der Waals surface area (Å²) in [5.41, 5.74) is 6.42. The topological polar surface area (TPSA) is 47.7 Å². The Bertz CT molecular complexity index is 467. The van der Waals surface area contributed by atoms with Gasteiger partial charge < -0.3 is 20.1 Å². The van der Waals surface area contributed by atoms with Crippen LogP contribution in [0.3, 0.4) is 0 Å². The van der Waals surface area contributed by atoms with Crippen LogP contribution in [-0.4, -0.2) is 43.7 Å². The molecule has 0 bridgehead atoms. The maximum absolute atomic E-state index is 5.82. The highest BCUT2D eigenvalue weighted by molar-refractivity contribution is 9.10. The van der Waals surface area contributed by atoms with E-state index >= 15 is 0 Å². The highest BCUT2D eigenvalue weighted by Crippen LogP contribution is 2.37. The van der Waals surface area contributed by atoms with E-state index in [9.17, 15) is 0 Å². The lowest BCUT2D eigenvalue weighted by Gasteiger charge is -2.16. The van der Waals surface area contributed by atoms with Crippen LogP contribution in [0.2, 0.25) is 0 Å². The molecule has 1 aromatic carbocycles. The first-order valence-electron chi connectivity index (χ1n) is 6.49. The van der Waals surface area contributed by atoms with E-state index < -0.39 is 0 Å². The zero-order valence-corrected chi connectivity index (χ0v) is 14.5. The van der Waals surface area contributed by atoms with Crippen molar-refractivity contribution in [1.29, 1.82) is 0 Å². The highest BCUT2D eigenvalue weighted by Gasteiger charge is 2.13. The predicted octanol–water partition coefficient (Wildman–Crippen LogP) is 2.81. The molecule has 1 rings (SSSR count). The standard InChI is InChI=1S/C14H21BrN2O2S/c1-4-18-12-9-10(14(16)20)8-11(15)13(12)19-7-5-6-17(2)3/h8-9H,4-7H2,1-3H3,(H2,16,20). The summed E-state index contributed by atoms with van der Waals surface area (Å²) < 4.78 is 12.2. The molecule has 1 aromatic rings. The van der Waals surface area contributed by atoms with Gasteiger partial charge in [0, 0.05) is 12.1 Å². The number of hydrogen-bond acceptors (Lipinski definition) is 4. The van der Waals surface area contributed by atoms with Crippen LogP contribution in [0.25, 0.3) is 0 Å². The third-order valence-corrected chi connectivity index (χ3v) is 3.41. The Morgan fingerprint density at radius 2 is 2.05 bits per heavy atom. The molecule has 0 heterocycles. The summed E-state index contributed by atoms with van der Waals surface area (Å²) in [6.07, 6.45) is 0.946. The summed E-state index contributed by atoms with van der Waals surface area (Å²) in [4.78, 5) is 2.46. The Kier molecular flexibility index (Phi) is 7.26. The largest absolute Gasteiger partial charge is 0.490 e. The molecule has 0 saturated heterocycles. The average Bonchev–Trinajstić information content (AvgIpc) is 2.36. The van der Waals surface area contributed by atoms with Crippen molar-refractivity contribution >= 4 is 33.1 Å². The maximum atomic E-state index is 5.82. The van der Waals surface area contributed by atoms with Crippen molar-refractivity contribution in [1.82, 2.24) is 4.90 Å². The van der Waals surface area contributed by atoms with E-state index in [4.69, 9.17) is 27.4 Å². The van der Waals surface area contributed by atoms with Gasteiger partial charge in [-0.05, 0) is 55.5 Å². The molecular formula is C14H21BrN2O2S. The van der Waals surface area contributed by atoms with Crippen LogP contribution in [0.15, 0.2) is 16.6 Å². The number of rotatable bonds is 8. The fourth-order valence-corrected chi connectivity index (χ4v) is 2.34. The van der Waals surface area contributed by atoms with Gasteiger partial charge >= 0.3 is 0 Å². The van der Waals surface area contributed by atoms with Crippen molar-refractivity contribution in [3.8, 4) is 11.5 Å². The number of halogens is 1. The van der Waals surface area contributed by atoms with Gasteiger partial charge in [-0.15, -0.1) is 0 Å². The molecule has 0 aliphatic heterocycles. The summed E-state index contributed by atoms with van der Waals surface area (Å²) in [6, 6.07) is 3.67. The van der Waals surface area contributed by atoms with Gasteiger partial charge in [-0.25, -0.2) is 0 Å². The molecule has 0 aliphatic carbocycles. The molecule has 0 atom stereocenters. The minimum absolute atomic E-state index is 0.339. The Balaban J connectivity index is 2.84. The molecule has 0 aromatic heterocycles. The van der Waals surface area contributed by atoms with E-state index in [0.29, 0.717) is 29.7 Å². The molecule has 0 unspecified atom stereocenters. The van der Waals surface area contributed by atoms with Gasteiger partial charge in [-0.1, -0.05) is 12.2 Å². The van der Waals surface area contributed by atoms with Crippen LogP contribution < -0.4 is 15.2 Å². The SMILES string of the molecule is CCOc1cc(C(N)=S)cc(Br)c1OCCCN(C)C. The average molecular weight is 361 g/mol. The molecular weight excluding hydrogens is 340 g/mol. The normalized spacial score (nSPS) is 10.7. The second kappa shape index (κ2) is 8.44. The lowest BCUT2D eigenvalue weighted by molar-refractivity contribution is 0.257. The van der Waals surface area contributed by atoms with Crippen molar-refractivity contribution in [3.63, 3.8) is 0 Å². The van der Waals surface area contributed by atoms with Crippen LogP contribution in [0, 0.1) is 0 Å². The first-order chi connectivity index (χ1) is 9.45. The molecule has 20 heavy (non-hydrogen) atoms. The van der Waals surface area contributed by atoms with Crippen molar-refractivity contribution in [2.24, 2.45) is 5.73 Å². The van der Waals surface area contributed by atoms with Crippen molar-refractivity contribution < 1.29 is 9.47 Å². The van der Waals surface area contributed by atoms with Gasteiger partial charge in [-0.2, -0.15) is 0 Å². The van der Waals surface area contributed by atoms with Gasteiger partial charge in [-0.3, -0.25) is 0 Å². The Morgan fingerprint density at radius 1 is 1.35 bits per heavy atom. The Morgan fingerprint density at radius 3 is 2.60 bits per heavy atom. The minimum atomic E-state index is 0.339. The molecule has 0 spiro atoms. The lowest BCUT2D eigenvalue weighted by Crippen LogP contribution is -2.16. The highest BCUT2D eigenvalue weighted by atomic mass is 79.9. The van der Waals surface area contributed by atoms with Crippen molar-refractivity contribution in [3.05, 3.63) is 22.2 Å². The molecule has 2 N–H and O–H groups in total. The van der Waals surface area contributed by atoms with Gasteiger partial charge in [0.25, 0.3) is 0 Å². The van der Waals surface area contributed by atoms with E-state index in [-0.39, 0.29) is 0 Å². The second-order valence-electron chi connectivity index (χ2n) is 4.59. The molecule has 4 nitrogen and oxygen atoms in total. The second-order valence-corrected chi connectivity index (χ2v) is 5.88. The molecule has 0 radical (unpaired) electrons. The van der Waals surface area contributed by atoms with Gasteiger partial charge in [0.15, 0.2) is 11.5 Å². The fraction of sp³-hybridized carbons (Fsp3) is 0.500. The maximum Gasteiger partial charge on any atom is 0.175 e. The van der Waals surface area contributed by atoms with Gasteiger partial charge in [0.2, 0.25) is 0 Å². The van der Waals surface area contributed by atoms with Crippen LogP contribution in [0.5, 0.6) is 11.5 Å². The molecule has 0 amide bonds. The van der Waals surface area contributed by atoms with E-state index in [1.807, 2.05) is 33.2 Å². The van der Waals surface area contributed by atoms with E-state index in [2.05, 4.69) is 20.8 Å². The number of hydrogen-bond donors (Lipinski definition) is 1. The van der Waals surface area contributed by atoms with E-state index in [1.165, 1.54) is 0 Å². The lowest BCUT2D eigenvalue weighted by atomic mass is 10.2. The van der Waals surface area contributed by atoms with Crippen LogP contribution in [0.4, 0.5) is 0 Å². The summed E-state index contributed by atoms with van der Waals surface area (Å²) in [7, 11) is 4.08. The molecule has 6 heteroatoms. The molecule has 112 valence electrons. The van der Waals surface area contributed by atoms with Crippen LogP contribution >= 0.6 is 28.1 Å². The Hall–Kier alpha value is -0.850. The number of benzene rings is 1. The van der Waals surface area contributed by atoms with Crippen LogP contribution in [0.1, 0.15) is 18.9 Å². The molecule has 0 fully saturated rings. The smallest absolute Gasteiger partial charge is 0.175 e. The molecule has 0 aliphatic rings. The zero-order valence-electron chi connectivity index (χ0n) is 12.1. The van der Waals surface area contributed by atoms with Crippen molar-refractivity contribution in [2.75, 3.05) is 33.9 Å². The first kappa shape index (κ1) is 17.2. The fourth-order valence-electron chi connectivity index (χ4n) is 1.67. The first-order valence-corrected chi connectivity index (χ1v) is 7.69. The number of ether oxygens (including phenoxy) is 2. The van der Waals surface area contributed by atoms with Gasteiger partial charge in [0.1, 0.15) is 4.99 Å². The van der Waals surface area contributed by atoms with E-state index in [0.717, 1.165) is 23.0 Å². The van der Waals surface area contributed by atoms with Gasteiger partial charge in [0.05, 0.1) is 17.7 Å². The summed E-state index contributed by atoms with van der Waals surface area (Å²) in [5, 5.41) is 0. The number of thiocarbonyl (C=S) groups is 1. The third kappa shape index (κ3) is 5.26. The Labute approximate surface area is 134 Å². The summed E-state index contributed by atoms with van der Waals surface area (Å²) >= 11 is 8.49. The predicted molar refractivity (Wildman–Crippen MR) is 89.9 cm³/mol. The summed E-state index contributed by atoms with van der Waals surface area (Å²) in [6.45, 7) is 4.09. The van der Waals surface area contributed by atoms with Crippen molar-refractivity contribution in [2.45, 2.75) is 13.3 Å². The summed E-state index contributed by atoms with van der Waals surface area (Å²) in [5.74, 6) is 1.36. The minimum Gasteiger partial charge on any atom is -0.490 e. The van der Waals surface area contributed by atoms with E-state index in [1.54, 1.807) is 0 Å². The zero-order chi connectivity index (χ0) is 15.1. The number of nitrogens with zero attached hydrogens (tertiary/aromatic N) is 1.